The summed E-state index contributed by atoms with van der Waals surface area (Å²) in [5, 5.41) is 9.81. The van der Waals surface area contributed by atoms with Gasteiger partial charge in [-0.05, 0) is 44.8 Å². The van der Waals surface area contributed by atoms with E-state index in [9.17, 15) is 5.11 Å². The molecule has 0 amide bonds. The number of aliphatic hydroxyl groups excluding tert-OH is 1. The number of rotatable bonds is 3. The van der Waals surface area contributed by atoms with Gasteiger partial charge in [-0.3, -0.25) is 0 Å². The molecule has 2 unspecified atom stereocenters. The number of β-amino-alcohol motifs (C(OH)–C–C–N with tert-alkyl or cyclic N) is 1. The van der Waals surface area contributed by atoms with Crippen molar-refractivity contribution in [2.45, 2.75) is 18.6 Å². The summed E-state index contributed by atoms with van der Waals surface area (Å²) in [5.74, 6) is 0. The van der Waals surface area contributed by atoms with Crippen LogP contribution < -0.4 is 10.6 Å². The van der Waals surface area contributed by atoms with Crippen LogP contribution in [0.4, 0.5) is 11.4 Å². The fraction of sp³-hybridized carbons (Fsp3) is 0.538. The first-order valence-corrected chi connectivity index (χ1v) is 6.01. The molecule has 17 heavy (non-hydrogen) atoms. The van der Waals surface area contributed by atoms with E-state index in [0.29, 0.717) is 12.6 Å². The Bertz CT molecular complexity index is 363. The molecule has 0 bridgehead atoms. The first-order chi connectivity index (χ1) is 8.06. The lowest BCUT2D eigenvalue weighted by Gasteiger charge is -2.28. The summed E-state index contributed by atoms with van der Waals surface area (Å²) in [6, 6.07) is 8.24. The predicted octanol–water partition coefficient (Wildman–Crippen LogP) is 0.770. The molecule has 1 aliphatic heterocycles. The third-order valence-electron chi connectivity index (χ3n) is 3.19. The smallest absolute Gasteiger partial charge is 0.0735 e. The van der Waals surface area contributed by atoms with E-state index in [4.69, 9.17) is 5.73 Å². The zero-order valence-electron chi connectivity index (χ0n) is 10.5. The van der Waals surface area contributed by atoms with Crippen molar-refractivity contribution in [2.24, 2.45) is 0 Å². The highest BCUT2D eigenvalue weighted by Gasteiger charge is 2.31. The van der Waals surface area contributed by atoms with Crippen LogP contribution in [0.15, 0.2) is 24.3 Å². The molecule has 1 fully saturated rings. The minimum absolute atomic E-state index is 0.225. The second-order valence-electron chi connectivity index (χ2n) is 5.05. The van der Waals surface area contributed by atoms with Crippen LogP contribution >= 0.6 is 0 Å². The molecule has 1 aromatic carbocycles. The number of hydrogen-bond acceptors (Lipinski definition) is 4. The molecule has 0 spiro atoms. The summed E-state index contributed by atoms with van der Waals surface area (Å²) in [6.07, 6.45) is 0.611. The molecule has 1 saturated heterocycles. The normalized spacial score (nSPS) is 24.6. The zero-order chi connectivity index (χ0) is 12.4. The molecule has 1 aliphatic rings. The highest BCUT2D eigenvalue weighted by Crippen LogP contribution is 2.26. The fourth-order valence-electron chi connectivity index (χ4n) is 2.47. The van der Waals surface area contributed by atoms with E-state index < -0.39 is 0 Å². The van der Waals surface area contributed by atoms with Crippen LogP contribution in [0.25, 0.3) is 0 Å². The maximum Gasteiger partial charge on any atom is 0.0735 e. The van der Waals surface area contributed by atoms with Gasteiger partial charge in [-0.1, -0.05) is 0 Å². The zero-order valence-corrected chi connectivity index (χ0v) is 10.5. The third-order valence-corrected chi connectivity index (χ3v) is 3.19. The van der Waals surface area contributed by atoms with Crippen molar-refractivity contribution in [2.75, 3.05) is 37.8 Å². The number of hydrogen-bond donors (Lipinski definition) is 2. The Balaban J connectivity index is 2.14. The standard InChI is InChI=1S/C13H21N3O/c1-15(2)8-12-7-13(17)9-16(12)11-5-3-10(14)4-6-11/h3-6,12-13,17H,7-9,14H2,1-2H3. The lowest BCUT2D eigenvalue weighted by molar-refractivity contribution is 0.191. The lowest BCUT2D eigenvalue weighted by Crippen LogP contribution is -2.37. The fourth-order valence-corrected chi connectivity index (χ4v) is 2.47. The van der Waals surface area contributed by atoms with Crippen molar-refractivity contribution in [3.05, 3.63) is 24.3 Å². The minimum Gasteiger partial charge on any atom is -0.399 e. The van der Waals surface area contributed by atoms with Crippen LogP contribution in [0.5, 0.6) is 0 Å². The number of nitrogens with two attached hydrogens (primary N) is 1. The van der Waals surface area contributed by atoms with E-state index in [1.807, 2.05) is 24.3 Å². The topological polar surface area (TPSA) is 52.7 Å². The number of benzene rings is 1. The van der Waals surface area contributed by atoms with Crippen molar-refractivity contribution < 1.29 is 5.11 Å². The van der Waals surface area contributed by atoms with Gasteiger partial charge >= 0.3 is 0 Å². The summed E-state index contributed by atoms with van der Waals surface area (Å²) < 4.78 is 0. The first-order valence-electron chi connectivity index (χ1n) is 6.01. The second kappa shape index (κ2) is 4.94. The van der Waals surface area contributed by atoms with Crippen LogP contribution in [0.1, 0.15) is 6.42 Å². The Morgan fingerprint density at radius 1 is 1.35 bits per heavy atom. The summed E-state index contributed by atoms with van der Waals surface area (Å²) >= 11 is 0. The molecule has 4 nitrogen and oxygen atoms in total. The van der Waals surface area contributed by atoms with Gasteiger partial charge in [0.2, 0.25) is 0 Å². The van der Waals surface area contributed by atoms with E-state index in [1.54, 1.807) is 0 Å². The van der Waals surface area contributed by atoms with Gasteiger partial charge in [0, 0.05) is 30.5 Å². The Kier molecular flexibility index (Phi) is 3.54. The Morgan fingerprint density at radius 3 is 2.59 bits per heavy atom. The molecular weight excluding hydrogens is 214 g/mol. The van der Waals surface area contributed by atoms with Crippen LogP contribution in [0.2, 0.25) is 0 Å². The van der Waals surface area contributed by atoms with Gasteiger partial charge in [0.05, 0.1) is 6.10 Å². The van der Waals surface area contributed by atoms with Crippen LogP contribution in [0, 0.1) is 0 Å². The SMILES string of the molecule is CN(C)CC1CC(O)CN1c1ccc(N)cc1. The van der Waals surface area contributed by atoms with Gasteiger partial charge < -0.3 is 20.6 Å². The van der Waals surface area contributed by atoms with Crippen LogP contribution in [0.3, 0.4) is 0 Å². The quantitative estimate of drug-likeness (QED) is 0.760. The number of nitrogens with zero attached hydrogens (tertiary/aromatic N) is 2. The number of anilines is 2. The third kappa shape index (κ3) is 2.90. The average Bonchev–Trinajstić information content (AvgIpc) is 2.59. The molecule has 4 heteroatoms. The van der Waals surface area contributed by atoms with Crippen molar-refractivity contribution in [1.29, 1.82) is 0 Å². The second-order valence-corrected chi connectivity index (χ2v) is 5.05. The monoisotopic (exact) mass is 235 g/mol. The maximum absolute atomic E-state index is 9.81. The summed E-state index contributed by atoms with van der Waals surface area (Å²) in [5.41, 5.74) is 7.61. The van der Waals surface area contributed by atoms with Crippen molar-refractivity contribution in [3.8, 4) is 0 Å². The van der Waals surface area contributed by atoms with Gasteiger partial charge in [0.1, 0.15) is 0 Å². The number of aliphatic hydroxyl groups is 1. The summed E-state index contributed by atoms with van der Waals surface area (Å²) in [6.45, 7) is 1.67. The Morgan fingerprint density at radius 2 is 2.00 bits per heavy atom. The van der Waals surface area contributed by atoms with E-state index in [-0.39, 0.29) is 6.10 Å². The molecular formula is C13H21N3O. The molecule has 0 aromatic heterocycles. The average molecular weight is 235 g/mol. The van der Waals surface area contributed by atoms with Crippen molar-refractivity contribution >= 4 is 11.4 Å². The molecule has 0 radical (unpaired) electrons. The summed E-state index contributed by atoms with van der Waals surface area (Å²) in [4.78, 5) is 4.43. The van der Waals surface area contributed by atoms with E-state index >= 15 is 0 Å². The largest absolute Gasteiger partial charge is 0.399 e. The lowest BCUT2D eigenvalue weighted by atomic mass is 10.2. The number of nitrogen functional groups attached to an aromatic ring is 1. The molecule has 0 aliphatic carbocycles. The molecule has 2 atom stereocenters. The molecule has 0 saturated carbocycles. The minimum atomic E-state index is -0.225. The molecule has 1 aromatic rings. The van der Waals surface area contributed by atoms with E-state index in [1.165, 1.54) is 0 Å². The van der Waals surface area contributed by atoms with Gasteiger partial charge in [-0.25, -0.2) is 0 Å². The van der Waals surface area contributed by atoms with Gasteiger partial charge in [-0.2, -0.15) is 0 Å². The van der Waals surface area contributed by atoms with Gasteiger partial charge in [-0.15, -0.1) is 0 Å². The predicted molar refractivity (Wildman–Crippen MR) is 71.2 cm³/mol. The van der Waals surface area contributed by atoms with Crippen LogP contribution in [-0.2, 0) is 0 Å². The Labute approximate surface area is 103 Å². The maximum atomic E-state index is 9.81. The highest BCUT2D eigenvalue weighted by molar-refractivity contribution is 5.54. The van der Waals surface area contributed by atoms with Crippen molar-refractivity contribution in [3.63, 3.8) is 0 Å². The van der Waals surface area contributed by atoms with Crippen molar-refractivity contribution in [1.82, 2.24) is 4.90 Å². The van der Waals surface area contributed by atoms with Gasteiger partial charge in [0.25, 0.3) is 0 Å². The van der Waals surface area contributed by atoms with E-state index in [2.05, 4.69) is 23.9 Å². The Hall–Kier alpha value is -1.26. The molecule has 1 heterocycles. The van der Waals surface area contributed by atoms with E-state index in [0.717, 1.165) is 24.3 Å². The molecule has 3 N–H and O–H groups in total. The summed E-state index contributed by atoms with van der Waals surface area (Å²) in [7, 11) is 4.12. The molecule has 94 valence electrons. The molecule has 2 rings (SSSR count). The highest BCUT2D eigenvalue weighted by atomic mass is 16.3. The van der Waals surface area contributed by atoms with Crippen LogP contribution in [-0.4, -0.2) is 49.3 Å². The first kappa shape index (κ1) is 12.2. The number of likely N-dealkylation sites (N-methyl/N-ethyl adjacent to an activating group) is 1. The van der Waals surface area contributed by atoms with Gasteiger partial charge in [0.15, 0.2) is 0 Å².